The number of esters is 1. The zero-order valence-corrected chi connectivity index (χ0v) is 16.8. The van der Waals surface area contributed by atoms with Gasteiger partial charge in [0.1, 0.15) is 11.3 Å². The van der Waals surface area contributed by atoms with Crippen LogP contribution < -0.4 is 14.9 Å². The zero-order valence-electron chi connectivity index (χ0n) is 16.1. The van der Waals surface area contributed by atoms with Crippen LogP contribution >= 0.6 is 11.6 Å². The summed E-state index contributed by atoms with van der Waals surface area (Å²) < 4.78 is 16.6. The lowest BCUT2D eigenvalue weighted by atomic mass is 10.1. The van der Waals surface area contributed by atoms with Crippen molar-refractivity contribution in [3.8, 4) is 22.8 Å². The van der Waals surface area contributed by atoms with Gasteiger partial charge in [-0.1, -0.05) is 54.1 Å². The molecule has 30 heavy (non-hydrogen) atoms. The minimum absolute atomic E-state index is 0.00868. The van der Waals surface area contributed by atoms with Gasteiger partial charge in [0.25, 0.3) is 0 Å². The maximum Gasteiger partial charge on any atom is 0.315 e. The van der Waals surface area contributed by atoms with Crippen LogP contribution in [-0.4, -0.2) is 13.1 Å². The Bertz CT molecular complexity index is 1260. The van der Waals surface area contributed by atoms with Gasteiger partial charge in [0, 0.05) is 10.6 Å². The average molecular weight is 421 g/mol. The Balaban J connectivity index is 1.74. The molecule has 3 aromatic carbocycles. The molecule has 0 saturated heterocycles. The molecule has 0 radical (unpaired) electrons. The van der Waals surface area contributed by atoms with Crippen LogP contribution in [0.5, 0.6) is 11.5 Å². The third kappa shape index (κ3) is 4.07. The third-order valence-electron chi connectivity index (χ3n) is 4.57. The van der Waals surface area contributed by atoms with Crippen LogP contribution in [-0.2, 0) is 11.2 Å². The van der Waals surface area contributed by atoms with E-state index in [1.54, 1.807) is 55.6 Å². The first-order chi connectivity index (χ1) is 14.5. The Labute approximate surface area is 177 Å². The van der Waals surface area contributed by atoms with E-state index in [0.29, 0.717) is 21.9 Å². The van der Waals surface area contributed by atoms with E-state index in [4.69, 9.17) is 25.5 Å². The number of hydrogen-bond donors (Lipinski definition) is 0. The second kappa shape index (κ2) is 8.43. The van der Waals surface area contributed by atoms with Gasteiger partial charge in [-0.15, -0.1) is 0 Å². The quantitative estimate of drug-likeness (QED) is 0.411. The highest BCUT2D eigenvalue weighted by molar-refractivity contribution is 6.31. The average Bonchev–Trinajstić information content (AvgIpc) is 2.77. The van der Waals surface area contributed by atoms with E-state index in [1.807, 2.05) is 18.2 Å². The van der Waals surface area contributed by atoms with E-state index in [1.165, 1.54) is 6.07 Å². The molecule has 1 heterocycles. The molecule has 0 bridgehead atoms. The molecular weight excluding hydrogens is 404 g/mol. The van der Waals surface area contributed by atoms with Gasteiger partial charge < -0.3 is 13.9 Å². The van der Waals surface area contributed by atoms with Crippen molar-refractivity contribution in [3.63, 3.8) is 0 Å². The zero-order chi connectivity index (χ0) is 21.1. The topological polar surface area (TPSA) is 65.7 Å². The number of hydrogen-bond acceptors (Lipinski definition) is 5. The number of rotatable bonds is 5. The number of fused-ring (bicyclic) bond motifs is 1. The maximum absolute atomic E-state index is 13.1. The van der Waals surface area contributed by atoms with Gasteiger partial charge in [0.2, 0.25) is 11.2 Å². The smallest absolute Gasteiger partial charge is 0.315 e. The van der Waals surface area contributed by atoms with E-state index in [-0.39, 0.29) is 23.3 Å². The molecule has 6 heteroatoms. The largest absolute Gasteiger partial charge is 0.497 e. The van der Waals surface area contributed by atoms with Crippen molar-refractivity contribution in [3.05, 3.63) is 93.6 Å². The second-order valence-corrected chi connectivity index (χ2v) is 7.03. The molecule has 0 aliphatic heterocycles. The van der Waals surface area contributed by atoms with Crippen molar-refractivity contribution in [2.45, 2.75) is 6.42 Å². The third-order valence-corrected chi connectivity index (χ3v) is 4.81. The lowest BCUT2D eigenvalue weighted by Gasteiger charge is -2.11. The minimum atomic E-state index is -0.578. The van der Waals surface area contributed by atoms with Crippen LogP contribution in [0.4, 0.5) is 0 Å². The lowest BCUT2D eigenvalue weighted by Crippen LogP contribution is -2.18. The summed E-state index contributed by atoms with van der Waals surface area (Å²) in [5.74, 6) is 0.143. The minimum Gasteiger partial charge on any atom is -0.497 e. The van der Waals surface area contributed by atoms with Crippen molar-refractivity contribution in [2.24, 2.45) is 0 Å². The Hall–Kier alpha value is -3.57. The summed E-state index contributed by atoms with van der Waals surface area (Å²) in [7, 11) is 1.57. The summed E-state index contributed by atoms with van der Waals surface area (Å²) in [6, 6.07) is 20.8. The number of ether oxygens (including phenoxy) is 2. The molecule has 0 aliphatic carbocycles. The van der Waals surface area contributed by atoms with Gasteiger partial charge in [0.05, 0.1) is 18.9 Å². The molecular formula is C24H17ClO5. The first-order valence-electron chi connectivity index (χ1n) is 9.20. The van der Waals surface area contributed by atoms with Crippen LogP contribution in [0.2, 0.25) is 5.02 Å². The Kier molecular flexibility index (Phi) is 5.55. The first-order valence-corrected chi connectivity index (χ1v) is 9.58. The predicted octanol–water partition coefficient (Wildman–Crippen LogP) is 5.27. The number of benzene rings is 3. The summed E-state index contributed by atoms with van der Waals surface area (Å²) >= 11 is 6.04. The van der Waals surface area contributed by atoms with Gasteiger partial charge in [0.15, 0.2) is 5.76 Å². The fourth-order valence-electron chi connectivity index (χ4n) is 3.08. The molecule has 0 fully saturated rings. The maximum atomic E-state index is 13.1. The van der Waals surface area contributed by atoms with Gasteiger partial charge in [-0.25, -0.2) is 0 Å². The number of carbonyl (C=O) groups is 1. The molecule has 0 atom stereocenters. The summed E-state index contributed by atoms with van der Waals surface area (Å²) in [5, 5.41) is 0.632. The van der Waals surface area contributed by atoms with Crippen molar-refractivity contribution in [2.75, 3.05) is 7.11 Å². The molecule has 1 aromatic heterocycles. The van der Waals surface area contributed by atoms with Crippen LogP contribution in [0.3, 0.4) is 0 Å². The number of methoxy groups -OCH3 is 1. The molecule has 0 spiro atoms. The highest BCUT2D eigenvalue weighted by atomic mass is 35.5. The number of carbonyl (C=O) groups excluding carboxylic acids is 1. The molecule has 0 unspecified atom stereocenters. The highest BCUT2D eigenvalue weighted by Gasteiger charge is 2.21. The molecule has 0 aliphatic rings. The standard InChI is InChI=1S/C24H17ClO5/c1-28-18-10-7-15(8-11-18)13-21(26)30-24-22(27)19-14-17(25)9-12-20(19)29-23(24)16-5-3-2-4-6-16/h2-12,14H,13H2,1H3. The summed E-state index contributed by atoms with van der Waals surface area (Å²) in [6.07, 6.45) is -0.00868. The molecule has 150 valence electrons. The van der Waals surface area contributed by atoms with Gasteiger partial charge in [-0.3, -0.25) is 9.59 Å². The molecule has 4 rings (SSSR count). The Morgan fingerprint density at radius 3 is 2.43 bits per heavy atom. The molecule has 0 amide bonds. The van der Waals surface area contributed by atoms with Crippen LogP contribution in [0, 0.1) is 0 Å². The second-order valence-electron chi connectivity index (χ2n) is 6.59. The summed E-state index contributed by atoms with van der Waals surface area (Å²) in [5.41, 5.74) is 1.26. The van der Waals surface area contributed by atoms with Crippen molar-refractivity contribution >= 4 is 28.5 Å². The van der Waals surface area contributed by atoms with Gasteiger partial charge in [-0.2, -0.15) is 0 Å². The van der Waals surface area contributed by atoms with Gasteiger partial charge >= 0.3 is 5.97 Å². The van der Waals surface area contributed by atoms with E-state index in [9.17, 15) is 9.59 Å². The fourth-order valence-corrected chi connectivity index (χ4v) is 3.25. The summed E-state index contributed by atoms with van der Waals surface area (Å²) in [6.45, 7) is 0. The monoisotopic (exact) mass is 420 g/mol. The first kappa shape index (κ1) is 19.7. The SMILES string of the molecule is COc1ccc(CC(=O)Oc2c(-c3ccccc3)oc3ccc(Cl)cc3c2=O)cc1. The molecule has 4 aromatic rings. The lowest BCUT2D eigenvalue weighted by molar-refractivity contribution is -0.133. The Morgan fingerprint density at radius 2 is 1.73 bits per heavy atom. The van der Waals surface area contributed by atoms with Crippen LogP contribution in [0.1, 0.15) is 5.56 Å². The predicted molar refractivity (Wildman–Crippen MR) is 115 cm³/mol. The van der Waals surface area contributed by atoms with Crippen LogP contribution in [0.15, 0.2) is 82.0 Å². The molecule has 0 saturated carbocycles. The van der Waals surface area contributed by atoms with Crippen LogP contribution in [0.25, 0.3) is 22.3 Å². The van der Waals surface area contributed by atoms with Crippen molar-refractivity contribution in [1.29, 1.82) is 0 Å². The summed E-state index contributed by atoms with van der Waals surface area (Å²) in [4.78, 5) is 25.7. The normalized spacial score (nSPS) is 10.7. The molecule has 5 nitrogen and oxygen atoms in total. The van der Waals surface area contributed by atoms with E-state index in [0.717, 1.165) is 5.56 Å². The van der Waals surface area contributed by atoms with E-state index >= 15 is 0 Å². The van der Waals surface area contributed by atoms with E-state index in [2.05, 4.69) is 0 Å². The molecule has 0 N–H and O–H groups in total. The van der Waals surface area contributed by atoms with Crippen molar-refractivity contribution in [1.82, 2.24) is 0 Å². The van der Waals surface area contributed by atoms with Gasteiger partial charge in [-0.05, 0) is 35.9 Å². The van der Waals surface area contributed by atoms with Crippen molar-refractivity contribution < 1.29 is 18.7 Å². The Morgan fingerprint density at radius 1 is 1.00 bits per heavy atom. The number of halogens is 1. The van der Waals surface area contributed by atoms with E-state index < -0.39 is 11.4 Å². The fraction of sp³-hybridized carbons (Fsp3) is 0.0833. The highest BCUT2D eigenvalue weighted by Crippen LogP contribution is 2.31.